The third-order valence-electron chi connectivity index (χ3n) is 5.03. The van der Waals surface area contributed by atoms with Gasteiger partial charge in [-0.05, 0) is 44.0 Å². The fourth-order valence-electron chi connectivity index (χ4n) is 3.14. The normalized spacial score (nSPS) is 11.1. The van der Waals surface area contributed by atoms with Crippen LogP contribution < -0.4 is 4.74 Å². The Kier molecular flexibility index (Phi) is 6.95. The first-order valence-corrected chi connectivity index (χ1v) is 12.2. The van der Waals surface area contributed by atoms with Crippen LogP contribution in [0.5, 0.6) is 5.75 Å². The van der Waals surface area contributed by atoms with Gasteiger partial charge in [-0.3, -0.25) is 0 Å². The van der Waals surface area contributed by atoms with E-state index in [0.717, 1.165) is 55.9 Å². The molecule has 0 spiro atoms. The summed E-state index contributed by atoms with van der Waals surface area (Å²) in [5, 5.41) is 13.3. The summed E-state index contributed by atoms with van der Waals surface area (Å²) < 4.78 is 8.12. The van der Waals surface area contributed by atoms with E-state index in [2.05, 4.69) is 47.0 Å². The molecule has 0 aliphatic carbocycles. The summed E-state index contributed by atoms with van der Waals surface area (Å²) in [6.45, 7) is 7.41. The number of rotatable bonds is 8. The molecule has 0 saturated heterocycles. The second-order valence-electron chi connectivity index (χ2n) is 7.04. The van der Waals surface area contributed by atoms with Crippen LogP contribution in [0.1, 0.15) is 29.6 Å². The van der Waals surface area contributed by atoms with Gasteiger partial charge in [0.1, 0.15) is 17.4 Å². The lowest BCUT2D eigenvalue weighted by Crippen LogP contribution is -2.07. The van der Waals surface area contributed by atoms with Gasteiger partial charge >= 0.3 is 0 Å². The minimum atomic E-state index is 0.388. The lowest BCUT2D eigenvalue weighted by molar-refractivity contribution is 0.286. The molecule has 0 unspecified atom stereocenters. The zero-order valence-corrected chi connectivity index (χ0v) is 20.0. The maximum Gasteiger partial charge on any atom is 0.191 e. The molecule has 160 valence electrons. The largest absolute Gasteiger partial charge is 0.485 e. The van der Waals surface area contributed by atoms with Crippen LogP contribution in [0, 0.1) is 13.8 Å². The summed E-state index contributed by atoms with van der Waals surface area (Å²) in [7, 11) is 0. The van der Waals surface area contributed by atoms with E-state index in [1.807, 2.05) is 36.4 Å². The van der Waals surface area contributed by atoms with Crippen molar-refractivity contribution in [1.29, 1.82) is 0 Å². The highest BCUT2D eigenvalue weighted by Gasteiger charge is 2.14. The van der Waals surface area contributed by atoms with Crippen molar-refractivity contribution in [3.8, 4) is 16.3 Å². The maximum atomic E-state index is 6.30. The Balaban J connectivity index is 1.42. The van der Waals surface area contributed by atoms with Gasteiger partial charge in [-0.1, -0.05) is 53.7 Å². The summed E-state index contributed by atoms with van der Waals surface area (Å²) in [5.41, 5.74) is 4.33. The highest BCUT2D eigenvalue weighted by molar-refractivity contribution is 7.98. The molecule has 0 radical (unpaired) electrons. The van der Waals surface area contributed by atoms with Crippen molar-refractivity contribution in [2.45, 2.75) is 44.8 Å². The van der Waals surface area contributed by atoms with E-state index in [-0.39, 0.29) is 0 Å². The number of thiazole rings is 1. The average Bonchev–Trinajstić information content (AvgIpc) is 3.40. The fourth-order valence-corrected chi connectivity index (χ4v) is 5.30. The van der Waals surface area contributed by atoms with Gasteiger partial charge in [0.2, 0.25) is 0 Å². The predicted octanol–water partition coefficient (Wildman–Crippen LogP) is 6.56. The van der Waals surface area contributed by atoms with Gasteiger partial charge in [0, 0.05) is 23.2 Å². The molecule has 0 saturated carbocycles. The van der Waals surface area contributed by atoms with Crippen LogP contribution in [0.15, 0.2) is 53.0 Å². The van der Waals surface area contributed by atoms with E-state index >= 15 is 0 Å². The first-order chi connectivity index (χ1) is 15.1. The Bertz CT molecular complexity index is 1190. The van der Waals surface area contributed by atoms with Crippen LogP contribution in [0.25, 0.3) is 10.6 Å². The molecule has 0 aliphatic heterocycles. The molecule has 4 rings (SSSR count). The highest BCUT2D eigenvalue weighted by atomic mass is 35.5. The van der Waals surface area contributed by atoms with Crippen molar-refractivity contribution in [3.63, 3.8) is 0 Å². The Morgan fingerprint density at radius 1 is 1.10 bits per heavy atom. The van der Waals surface area contributed by atoms with Crippen molar-refractivity contribution in [2.24, 2.45) is 0 Å². The van der Waals surface area contributed by atoms with Gasteiger partial charge in [-0.25, -0.2) is 4.98 Å². The molecule has 0 bridgehead atoms. The molecule has 0 atom stereocenters. The molecule has 8 heteroatoms. The number of thioether (sulfide) groups is 1. The Labute approximate surface area is 195 Å². The molecular weight excluding hydrogens is 448 g/mol. The van der Waals surface area contributed by atoms with Crippen LogP contribution in [-0.4, -0.2) is 19.7 Å². The molecule has 0 N–H and O–H groups in total. The van der Waals surface area contributed by atoms with Crippen molar-refractivity contribution in [2.75, 3.05) is 0 Å². The lowest BCUT2D eigenvalue weighted by atomic mass is 10.1. The zero-order chi connectivity index (χ0) is 21.8. The Morgan fingerprint density at radius 2 is 1.94 bits per heavy atom. The smallest absolute Gasteiger partial charge is 0.191 e. The number of ether oxygens (including phenoxy) is 1. The van der Waals surface area contributed by atoms with E-state index in [1.165, 1.54) is 5.56 Å². The lowest BCUT2D eigenvalue weighted by Gasteiger charge is -2.11. The van der Waals surface area contributed by atoms with Gasteiger partial charge < -0.3 is 9.30 Å². The van der Waals surface area contributed by atoms with E-state index in [9.17, 15) is 0 Å². The minimum absolute atomic E-state index is 0.388. The molecule has 0 amide bonds. The summed E-state index contributed by atoms with van der Waals surface area (Å²) >= 11 is 9.54. The second kappa shape index (κ2) is 9.85. The monoisotopic (exact) mass is 470 g/mol. The van der Waals surface area contributed by atoms with Crippen LogP contribution >= 0.6 is 34.7 Å². The number of hydrogen-bond acceptors (Lipinski definition) is 6. The summed E-state index contributed by atoms with van der Waals surface area (Å²) in [5.74, 6) is 2.42. The van der Waals surface area contributed by atoms with Crippen LogP contribution in [0.2, 0.25) is 5.02 Å². The standard InChI is InChI=1S/C23H23ClN4OS2/c1-4-28-21(12-29-20-11-7-8-15(2)16(20)3)26-27-23(28)31-14-17-13-30-22(25-17)18-9-5-6-10-19(18)24/h5-11,13H,4,12,14H2,1-3H3. The van der Waals surface area contributed by atoms with E-state index in [0.29, 0.717) is 6.61 Å². The van der Waals surface area contributed by atoms with Crippen LogP contribution in [-0.2, 0) is 18.9 Å². The van der Waals surface area contributed by atoms with Gasteiger partial charge in [0.15, 0.2) is 11.0 Å². The van der Waals surface area contributed by atoms with Crippen molar-refractivity contribution in [1.82, 2.24) is 19.7 Å². The Hall–Kier alpha value is -2.35. The maximum absolute atomic E-state index is 6.30. The van der Waals surface area contributed by atoms with Crippen molar-refractivity contribution < 1.29 is 4.74 Å². The summed E-state index contributed by atoms with van der Waals surface area (Å²) in [6, 6.07) is 13.9. The number of aromatic nitrogens is 4. The Morgan fingerprint density at radius 3 is 2.74 bits per heavy atom. The predicted molar refractivity (Wildman–Crippen MR) is 128 cm³/mol. The number of halogens is 1. The molecule has 2 heterocycles. The molecular formula is C23H23ClN4OS2. The second-order valence-corrected chi connectivity index (χ2v) is 9.25. The van der Waals surface area contributed by atoms with Crippen molar-refractivity contribution in [3.05, 3.63) is 75.5 Å². The highest BCUT2D eigenvalue weighted by Crippen LogP contribution is 2.32. The van der Waals surface area contributed by atoms with E-state index < -0.39 is 0 Å². The fraction of sp³-hybridized carbons (Fsp3) is 0.261. The van der Waals surface area contributed by atoms with Gasteiger partial charge in [0.05, 0.1) is 10.7 Å². The topological polar surface area (TPSA) is 52.8 Å². The minimum Gasteiger partial charge on any atom is -0.485 e. The van der Waals surface area contributed by atoms with Gasteiger partial charge in [-0.15, -0.1) is 21.5 Å². The molecule has 4 aromatic rings. The van der Waals surface area contributed by atoms with E-state index in [1.54, 1.807) is 23.1 Å². The molecule has 31 heavy (non-hydrogen) atoms. The SMILES string of the molecule is CCn1c(COc2cccc(C)c2C)nnc1SCc1csc(-c2ccccc2Cl)n1. The zero-order valence-electron chi connectivity index (χ0n) is 17.6. The molecule has 2 aromatic heterocycles. The van der Waals surface area contributed by atoms with Gasteiger partial charge in [-0.2, -0.15) is 0 Å². The summed E-state index contributed by atoms with van der Waals surface area (Å²) in [6.07, 6.45) is 0. The van der Waals surface area contributed by atoms with Crippen LogP contribution in [0.3, 0.4) is 0 Å². The molecule has 0 fully saturated rings. The van der Waals surface area contributed by atoms with Gasteiger partial charge in [0.25, 0.3) is 0 Å². The molecule has 2 aromatic carbocycles. The first-order valence-electron chi connectivity index (χ1n) is 10.00. The third kappa shape index (κ3) is 4.95. The summed E-state index contributed by atoms with van der Waals surface area (Å²) in [4.78, 5) is 4.74. The number of nitrogens with zero attached hydrogens (tertiary/aromatic N) is 4. The molecule has 5 nitrogen and oxygen atoms in total. The van der Waals surface area contributed by atoms with Crippen LogP contribution in [0.4, 0.5) is 0 Å². The van der Waals surface area contributed by atoms with E-state index in [4.69, 9.17) is 21.3 Å². The molecule has 0 aliphatic rings. The number of benzene rings is 2. The quantitative estimate of drug-likeness (QED) is 0.273. The average molecular weight is 471 g/mol. The first kappa shape index (κ1) is 21.9. The van der Waals surface area contributed by atoms with Crippen molar-refractivity contribution >= 4 is 34.7 Å². The number of hydrogen-bond donors (Lipinski definition) is 0. The third-order valence-corrected chi connectivity index (χ3v) is 7.28. The number of aryl methyl sites for hydroxylation is 1.